The van der Waals surface area contributed by atoms with E-state index < -0.39 is 11.9 Å². The first-order chi connectivity index (χ1) is 10.7. The van der Waals surface area contributed by atoms with Gasteiger partial charge in [-0.25, -0.2) is 0 Å². The molecule has 3 N–H and O–H groups in total. The molecule has 2 aromatic carbocycles. The van der Waals surface area contributed by atoms with Gasteiger partial charge in [-0.3, -0.25) is 9.59 Å². The maximum absolute atomic E-state index is 11.9. The zero-order valence-corrected chi connectivity index (χ0v) is 12.1. The second-order valence-corrected chi connectivity index (χ2v) is 4.79. The summed E-state index contributed by atoms with van der Waals surface area (Å²) in [6.07, 6.45) is 0. The van der Waals surface area contributed by atoms with Crippen LogP contribution in [0.2, 0.25) is 0 Å². The molecule has 2 amide bonds. The summed E-state index contributed by atoms with van der Waals surface area (Å²) in [4.78, 5) is 23.4. The Morgan fingerprint density at radius 3 is 2.18 bits per heavy atom. The van der Waals surface area contributed by atoms with Crippen LogP contribution in [0.4, 0.5) is 0 Å². The van der Waals surface area contributed by atoms with Crippen LogP contribution in [0.15, 0.2) is 60.7 Å². The fourth-order valence-electron chi connectivity index (χ4n) is 2.00. The van der Waals surface area contributed by atoms with Crippen molar-refractivity contribution in [2.45, 2.75) is 12.6 Å². The Kier molecular flexibility index (Phi) is 5.68. The quantitative estimate of drug-likeness (QED) is 0.813. The Labute approximate surface area is 129 Å². The van der Waals surface area contributed by atoms with Gasteiger partial charge in [-0.1, -0.05) is 60.7 Å². The number of carbonyl (C=O) groups is 2. The van der Waals surface area contributed by atoms with Gasteiger partial charge in [0.05, 0.1) is 6.61 Å². The smallest absolute Gasteiger partial charge is 0.246 e. The molecular formula is C17H18N2O3. The van der Waals surface area contributed by atoms with Gasteiger partial charge >= 0.3 is 0 Å². The average Bonchev–Trinajstić information content (AvgIpc) is 2.54. The van der Waals surface area contributed by atoms with Crippen LogP contribution in [0, 0.1) is 0 Å². The highest BCUT2D eigenvalue weighted by Crippen LogP contribution is 2.11. The minimum Gasteiger partial charge on any atom is -0.368 e. The number of hydrogen-bond donors (Lipinski definition) is 2. The third kappa shape index (κ3) is 4.71. The first-order valence-corrected chi connectivity index (χ1v) is 6.92. The number of benzene rings is 2. The summed E-state index contributed by atoms with van der Waals surface area (Å²) >= 11 is 0. The lowest BCUT2D eigenvalue weighted by atomic mass is 10.1. The summed E-state index contributed by atoms with van der Waals surface area (Å²) in [6, 6.07) is 17.5. The Bertz CT molecular complexity index is 614. The van der Waals surface area contributed by atoms with Crippen molar-refractivity contribution in [3.05, 3.63) is 71.8 Å². The van der Waals surface area contributed by atoms with Gasteiger partial charge in [-0.15, -0.1) is 0 Å². The first-order valence-electron chi connectivity index (χ1n) is 6.92. The number of amides is 2. The fourth-order valence-corrected chi connectivity index (χ4v) is 2.00. The van der Waals surface area contributed by atoms with Gasteiger partial charge < -0.3 is 15.8 Å². The third-order valence-electron chi connectivity index (χ3n) is 3.07. The van der Waals surface area contributed by atoms with Crippen molar-refractivity contribution >= 4 is 11.8 Å². The lowest BCUT2D eigenvalue weighted by molar-refractivity contribution is -0.130. The number of nitrogens with two attached hydrogens (primary N) is 1. The van der Waals surface area contributed by atoms with Gasteiger partial charge in [0.1, 0.15) is 12.6 Å². The molecule has 0 fully saturated rings. The molecule has 0 aromatic heterocycles. The lowest BCUT2D eigenvalue weighted by Crippen LogP contribution is -2.39. The van der Waals surface area contributed by atoms with Gasteiger partial charge in [-0.05, 0) is 11.1 Å². The largest absolute Gasteiger partial charge is 0.368 e. The van der Waals surface area contributed by atoms with Crippen LogP contribution in [-0.2, 0) is 20.9 Å². The molecule has 1 atom stereocenters. The molecule has 2 rings (SSSR count). The molecule has 0 aliphatic heterocycles. The van der Waals surface area contributed by atoms with Crippen LogP contribution in [0.1, 0.15) is 17.2 Å². The average molecular weight is 298 g/mol. The number of rotatable bonds is 7. The van der Waals surface area contributed by atoms with Crippen molar-refractivity contribution < 1.29 is 14.3 Å². The van der Waals surface area contributed by atoms with Gasteiger partial charge in [0.25, 0.3) is 0 Å². The molecule has 5 heteroatoms. The number of primary amides is 1. The minimum atomic E-state index is -0.853. The van der Waals surface area contributed by atoms with E-state index in [0.29, 0.717) is 12.2 Å². The van der Waals surface area contributed by atoms with Crippen molar-refractivity contribution in [1.29, 1.82) is 0 Å². The number of carbonyl (C=O) groups excluding carboxylic acids is 2. The summed E-state index contributed by atoms with van der Waals surface area (Å²) in [5.41, 5.74) is 6.96. The van der Waals surface area contributed by atoms with E-state index in [1.54, 1.807) is 24.3 Å². The number of nitrogens with one attached hydrogen (secondary N) is 1. The van der Waals surface area contributed by atoms with E-state index in [4.69, 9.17) is 10.5 Å². The predicted octanol–water partition coefficient (Wildman–Crippen LogP) is 1.55. The van der Waals surface area contributed by atoms with Gasteiger partial charge in [0, 0.05) is 0 Å². The van der Waals surface area contributed by atoms with E-state index in [1.807, 2.05) is 36.4 Å². The van der Waals surface area contributed by atoms with E-state index in [2.05, 4.69) is 5.32 Å². The van der Waals surface area contributed by atoms with Crippen molar-refractivity contribution in [3.63, 3.8) is 0 Å². The molecule has 0 heterocycles. The highest BCUT2D eigenvalue weighted by atomic mass is 16.5. The van der Waals surface area contributed by atoms with Gasteiger partial charge in [-0.2, -0.15) is 0 Å². The molecule has 0 spiro atoms. The molecule has 2 aromatic rings. The Hall–Kier alpha value is -2.66. The molecule has 0 bridgehead atoms. The number of hydrogen-bond acceptors (Lipinski definition) is 3. The van der Waals surface area contributed by atoms with Crippen molar-refractivity contribution in [3.8, 4) is 0 Å². The molecule has 0 aliphatic carbocycles. The van der Waals surface area contributed by atoms with Crippen LogP contribution in [0.25, 0.3) is 0 Å². The van der Waals surface area contributed by atoms with E-state index in [1.165, 1.54) is 0 Å². The molecule has 1 unspecified atom stereocenters. The topological polar surface area (TPSA) is 81.4 Å². The van der Waals surface area contributed by atoms with Crippen LogP contribution in [-0.4, -0.2) is 18.4 Å². The minimum absolute atomic E-state index is 0.133. The van der Waals surface area contributed by atoms with E-state index >= 15 is 0 Å². The summed E-state index contributed by atoms with van der Waals surface area (Å²) in [7, 11) is 0. The third-order valence-corrected chi connectivity index (χ3v) is 3.07. The first kappa shape index (κ1) is 15.7. The molecule has 0 aliphatic rings. The number of ether oxygens (including phenoxy) is 1. The lowest BCUT2D eigenvalue weighted by Gasteiger charge is -2.15. The van der Waals surface area contributed by atoms with Crippen LogP contribution < -0.4 is 11.1 Å². The summed E-state index contributed by atoms with van der Waals surface area (Å²) < 4.78 is 5.33. The van der Waals surface area contributed by atoms with E-state index in [-0.39, 0.29) is 12.5 Å². The second-order valence-electron chi connectivity index (χ2n) is 4.79. The van der Waals surface area contributed by atoms with E-state index in [0.717, 1.165) is 5.56 Å². The van der Waals surface area contributed by atoms with Crippen molar-refractivity contribution in [2.24, 2.45) is 5.73 Å². The van der Waals surface area contributed by atoms with Crippen molar-refractivity contribution in [1.82, 2.24) is 5.32 Å². The van der Waals surface area contributed by atoms with Crippen molar-refractivity contribution in [2.75, 3.05) is 6.61 Å². The Morgan fingerprint density at radius 2 is 1.59 bits per heavy atom. The summed E-state index contributed by atoms with van der Waals surface area (Å²) in [6.45, 7) is 0.201. The Balaban J connectivity index is 1.85. The molecule has 0 saturated carbocycles. The van der Waals surface area contributed by atoms with Gasteiger partial charge in [0.15, 0.2) is 0 Å². The maximum atomic E-state index is 11.9. The van der Waals surface area contributed by atoms with Crippen LogP contribution in [0.3, 0.4) is 0 Å². The molecule has 114 valence electrons. The second kappa shape index (κ2) is 7.95. The Morgan fingerprint density at radius 1 is 1.00 bits per heavy atom. The zero-order chi connectivity index (χ0) is 15.8. The highest BCUT2D eigenvalue weighted by molar-refractivity contribution is 5.88. The maximum Gasteiger partial charge on any atom is 0.246 e. The van der Waals surface area contributed by atoms with Crippen LogP contribution >= 0.6 is 0 Å². The SMILES string of the molecule is NC(=O)C(NC(=O)COCc1ccccc1)c1ccccc1. The van der Waals surface area contributed by atoms with E-state index in [9.17, 15) is 9.59 Å². The molecule has 0 radical (unpaired) electrons. The molecule has 22 heavy (non-hydrogen) atoms. The molecular weight excluding hydrogens is 280 g/mol. The highest BCUT2D eigenvalue weighted by Gasteiger charge is 2.19. The standard InChI is InChI=1S/C17H18N2O3/c18-17(21)16(14-9-5-2-6-10-14)19-15(20)12-22-11-13-7-3-1-4-8-13/h1-10,16H,11-12H2,(H2,18,21)(H,19,20). The monoisotopic (exact) mass is 298 g/mol. The summed E-state index contributed by atoms with van der Waals surface area (Å²) in [5.74, 6) is -0.994. The fraction of sp³-hybridized carbons (Fsp3) is 0.176. The van der Waals surface area contributed by atoms with Gasteiger partial charge in [0.2, 0.25) is 11.8 Å². The predicted molar refractivity (Wildman–Crippen MR) is 82.6 cm³/mol. The van der Waals surface area contributed by atoms with Crippen LogP contribution in [0.5, 0.6) is 0 Å². The molecule has 5 nitrogen and oxygen atoms in total. The normalized spacial score (nSPS) is 11.6. The molecule has 0 saturated heterocycles. The summed E-state index contributed by atoms with van der Waals surface area (Å²) in [5, 5.41) is 2.58. The zero-order valence-electron chi connectivity index (χ0n) is 12.1.